The molecule has 0 aliphatic carbocycles. The number of carbonyl (C=O) groups is 1. The van der Waals surface area contributed by atoms with Crippen LogP contribution in [-0.4, -0.2) is 52.7 Å². The van der Waals surface area contributed by atoms with Crippen LogP contribution >= 0.6 is 24.0 Å². The van der Waals surface area contributed by atoms with Gasteiger partial charge in [-0.1, -0.05) is 6.92 Å². The molecule has 0 bridgehead atoms. The molecule has 1 atom stereocenters. The van der Waals surface area contributed by atoms with Crippen molar-refractivity contribution in [1.82, 2.24) is 25.3 Å². The summed E-state index contributed by atoms with van der Waals surface area (Å²) in [6.45, 7) is 4.14. The Balaban J connectivity index is 0.00000242. The zero-order valence-electron chi connectivity index (χ0n) is 13.4. The Hall–Kier alpha value is -1.32. The minimum Gasteiger partial charge on any atom is -0.352 e. The second kappa shape index (κ2) is 8.96. The summed E-state index contributed by atoms with van der Waals surface area (Å²) in [5, 5.41) is 10.8. The fourth-order valence-corrected chi connectivity index (χ4v) is 2.47. The van der Waals surface area contributed by atoms with Gasteiger partial charge in [0.2, 0.25) is 5.91 Å². The molecule has 1 unspecified atom stereocenters. The highest BCUT2D eigenvalue weighted by Gasteiger charge is 2.25. The van der Waals surface area contributed by atoms with E-state index in [1.165, 1.54) is 0 Å². The summed E-state index contributed by atoms with van der Waals surface area (Å²) in [5.74, 6) is 0.976. The van der Waals surface area contributed by atoms with Crippen LogP contribution in [0.5, 0.6) is 0 Å². The van der Waals surface area contributed by atoms with E-state index in [4.69, 9.17) is 0 Å². The summed E-state index contributed by atoms with van der Waals surface area (Å²) < 4.78 is 1.83. The molecule has 0 saturated carbocycles. The molecule has 0 radical (unpaired) electrons. The van der Waals surface area contributed by atoms with Crippen LogP contribution in [-0.2, 0) is 18.4 Å². The largest absolute Gasteiger partial charge is 0.352 e. The van der Waals surface area contributed by atoms with Crippen LogP contribution in [0.3, 0.4) is 0 Å². The zero-order chi connectivity index (χ0) is 15.2. The maximum Gasteiger partial charge on any atom is 0.222 e. The third-order valence-corrected chi connectivity index (χ3v) is 3.77. The minimum absolute atomic E-state index is 0. The molecule has 124 valence electrons. The van der Waals surface area contributed by atoms with E-state index in [-0.39, 0.29) is 35.9 Å². The normalized spacial score (nSPS) is 18.0. The lowest BCUT2D eigenvalue weighted by Gasteiger charge is -2.18. The molecule has 0 aromatic carbocycles. The summed E-state index contributed by atoms with van der Waals surface area (Å²) in [7, 11) is 3.67. The number of guanidine groups is 1. The van der Waals surface area contributed by atoms with Crippen LogP contribution < -0.4 is 10.6 Å². The van der Waals surface area contributed by atoms with Crippen molar-refractivity contribution in [1.29, 1.82) is 0 Å². The van der Waals surface area contributed by atoms with Gasteiger partial charge < -0.3 is 15.5 Å². The number of amides is 1. The molecule has 1 fully saturated rings. The lowest BCUT2D eigenvalue weighted by atomic mass is 10.3. The highest BCUT2D eigenvalue weighted by atomic mass is 127. The molecule has 0 spiro atoms. The molecular formula is C14H25IN6O. The number of nitrogens with zero attached hydrogens (tertiary/aromatic N) is 4. The first kappa shape index (κ1) is 18.7. The van der Waals surface area contributed by atoms with Gasteiger partial charge in [0, 0.05) is 45.8 Å². The predicted molar refractivity (Wildman–Crippen MR) is 97.2 cm³/mol. The number of aryl methyl sites for hydroxylation is 1. The number of hydrogen-bond donors (Lipinski definition) is 2. The fraction of sp³-hybridized carbons (Fsp3) is 0.643. The van der Waals surface area contributed by atoms with Crippen LogP contribution in [0.1, 0.15) is 25.5 Å². The van der Waals surface area contributed by atoms with Gasteiger partial charge in [0.1, 0.15) is 0 Å². The molecule has 1 aliphatic heterocycles. The first-order valence-corrected chi connectivity index (χ1v) is 7.35. The van der Waals surface area contributed by atoms with E-state index in [1.54, 1.807) is 13.2 Å². The average Bonchev–Trinajstić information content (AvgIpc) is 3.11. The van der Waals surface area contributed by atoms with E-state index < -0.39 is 0 Å². The van der Waals surface area contributed by atoms with E-state index >= 15 is 0 Å². The second-order valence-electron chi connectivity index (χ2n) is 5.20. The maximum atomic E-state index is 11.7. The lowest BCUT2D eigenvalue weighted by Crippen LogP contribution is -2.44. The highest BCUT2D eigenvalue weighted by Crippen LogP contribution is 2.10. The Labute approximate surface area is 148 Å². The van der Waals surface area contributed by atoms with Gasteiger partial charge in [-0.2, -0.15) is 5.10 Å². The molecule has 1 saturated heterocycles. The van der Waals surface area contributed by atoms with Crippen molar-refractivity contribution in [2.75, 3.05) is 20.1 Å². The molecule has 7 nitrogen and oxygen atoms in total. The number of hydrogen-bond acceptors (Lipinski definition) is 3. The van der Waals surface area contributed by atoms with Gasteiger partial charge in [0.15, 0.2) is 5.96 Å². The van der Waals surface area contributed by atoms with Gasteiger partial charge in [0.05, 0.1) is 12.2 Å². The van der Waals surface area contributed by atoms with Gasteiger partial charge in [-0.15, -0.1) is 24.0 Å². The maximum absolute atomic E-state index is 11.7. The summed E-state index contributed by atoms with van der Waals surface area (Å²) >= 11 is 0. The Morgan fingerprint density at radius 2 is 2.32 bits per heavy atom. The van der Waals surface area contributed by atoms with Gasteiger partial charge in [-0.05, 0) is 12.5 Å². The monoisotopic (exact) mass is 420 g/mol. The Morgan fingerprint density at radius 1 is 1.55 bits per heavy atom. The molecule has 2 N–H and O–H groups in total. The van der Waals surface area contributed by atoms with Crippen molar-refractivity contribution >= 4 is 35.8 Å². The number of halogens is 1. The van der Waals surface area contributed by atoms with Crippen LogP contribution in [0.4, 0.5) is 0 Å². The third kappa shape index (κ3) is 4.85. The molecule has 2 heterocycles. The predicted octanol–water partition coefficient (Wildman–Crippen LogP) is 0.714. The van der Waals surface area contributed by atoms with E-state index in [0.717, 1.165) is 31.2 Å². The topological polar surface area (TPSA) is 74.6 Å². The minimum atomic E-state index is 0. The second-order valence-corrected chi connectivity index (χ2v) is 5.20. The standard InChI is InChI=1S/C14H24N6O.HI/c1-4-13(21)20-8-6-11(10-20)18-14(15-2)16-9-12-5-7-17-19(12)3;/h5,7,11H,4,6,8-10H2,1-3H3,(H2,15,16,18);1H. The van der Waals surface area contributed by atoms with Crippen molar-refractivity contribution in [2.24, 2.45) is 12.0 Å². The van der Waals surface area contributed by atoms with Gasteiger partial charge in [-0.25, -0.2) is 0 Å². The fourth-order valence-electron chi connectivity index (χ4n) is 2.47. The summed E-state index contributed by atoms with van der Waals surface area (Å²) in [6, 6.07) is 2.23. The van der Waals surface area contributed by atoms with Crippen LogP contribution in [0, 0.1) is 0 Å². The highest BCUT2D eigenvalue weighted by molar-refractivity contribution is 14.0. The molecular weight excluding hydrogens is 395 g/mol. The van der Waals surface area contributed by atoms with Gasteiger partial charge in [-0.3, -0.25) is 14.5 Å². The summed E-state index contributed by atoms with van der Waals surface area (Å²) in [6.07, 6.45) is 3.30. The van der Waals surface area contributed by atoms with Crippen LogP contribution in [0.15, 0.2) is 17.3 Å². The molecule has 2 rings (SSSR count). The number of carbonyl (C=O) groups excluding carboxylic acids is 1. The molecule has 8 heteroatoms. The van der Waals surface area contributed by atoms with Crippen molar-refractivity contribution in [2.45, 2.75) is 32.4 Å². The average molecular weight is 420 g/mol. The number of likely N-dealkylation sites (tertiary alicyclic amines) is 1. The lowest BCUT2D eigenvalue weighted by molar-refractivity contribution is -0.129. The van der Waals surface area contributed by atoms with Crippen molar-refractivity contribution in [3.63, 3.8) is 0 Å². The van der Waals surface area contributed by atoms with E-state index in [9.17, 15) is 4.79 Å². The molecule has 1 aromatic rings. The molecule has 22 heavy (non-hydrogen) atoms. The Kier molecular flexibility index (Phi) is 7.63. The molecule has 1 aromatic heterocycles. The van der Waals surface area contributed by atoms with Crippen LogP contribution in [0.25, 0.3) is 0 Å². The quantitative estimate of drug-likeness (QED) is 0.428. The zero-order valence-corrected chi connectivity index (χ0v) is 15.7. The summed E-state index contributed by atoms with van der Waals surface area (Å²) in [5.41, 5.74) is 1.09. The van der Waals surface area contributed by atoms with Gasteiger partial charge >= 0.3 is 0 Å². The molecule has 1 amide bonds. The number of rotatable bonds is 4. The smallest absolute Gasteiger partial charge is 0.222 e. The number of aromatic nitrogens is 2. The number of nitrogens with one attached hydrogen (secondary N) is 2. The van der Waals surface area contributed by atoms with E-state index in [2.05, 4.69) is 20.7 Å². The van der Waals surface area contributed by atoms with Crippen molar-refractivity contribution < 1.29 is 4.79 Å². The van der Waals surface area contributed by atoms with Crippen molar-refractivity contribution in [3.05, 3.63) is 18.0 Å². The Bertz CT molecular complexity index is 515. The van der Waals surface area contributed by atoms with Crippen molar-refractivity contribution in [3.8, 4) is 0 Å². The van der Waals surface area contributed by atoms with Gasteiger partial charge in [0.25, 0.3) is 0 Å². The first-order chi connectivity index (χ1) is 10.1. The van der Waals surface area contributed by atoms with E-state index in [1.807, 2.05) is 29.6 Å². The number of aliphatic imine (C=N–C) groups is 1. The SMILES string of the molecule is CCC(=O)N1CCC(NC(=NC)NCc2ccnn2C)C1.I. The summed E-state index contributed by atoms with van der Waals surface area (Å²) in [4.78, 5) is 17.8. The Morgan fingerprint density at radius 3 is 2.91 bits per heavy atom. The third-order valence-electron chi connectivity index (χ3n) is 3.77. The van der Waals surface area contributed by atoms with Crippen LogP contribution in [0.2, 0.25) is 0 Å². The molecule has 1 aliphatic rings. The first-order valence-electron chi connectivity index (χ1n) is 7.35. The van der Waals surface area contributed by atoms with E-state index in [0.29, 0.717) is 13.0 Å².